The van der Waals surface area contributed by atoms with Crippen LogP contribution in [0.15, 0.2) is 47.2 Å². The van der Waals surface area contributed by atoms with E-state index in [4.69, 9.17) is 0 Å². The lowest BCUT2D eigenvalue weighted by Crippen LogP contribution is -1.88. The first-order valence-corrected chi connectivity index (χ1v) is 5.90. The molecule has 0 saturated carbocycles. The van der Waals surface area contributed by atoms with Gasteiger partial charge in [-0.2, -0.15) is 11.3 Å². The van der Waals surface area contributed by atoms with Gasteiger partial charge in [0.15, 0.2) is 5.78 Å². The molecule has 1 aromatic heterocycles. The highest BCUT2D eigenvalue weighted by Crippen LogP contribution is 2.20. The van der Waals surface area contributed by atoms with Crippen LogP contribution in [-0.4, -0.2) is 5.78 Å². The van der Waals surface area contributed by atoms with E-state index >= 15 is 0 Å². The van der Waals surface area contributed by atoms with E-state index in [1.807, 2.05) is 47.2 Å². The van der Waals surface area contributed by atoms with Crippen LogP contribution in [0.2, 0.25) is 0 Å². The van der Waals surface area contributed by atoms with Crippen LogP contribution in [0.25, 0.3) is 0 Å². The summed E-state index contributed by atoms with van der Waals surface area (Å²) in [4.78, 5) is 11.1. The predicted molar refractivity (Wildman–Crippen MR) is 63.4 cm³/mol. The van der Waals surface area contributed by atoms with Crippen LogP contribution in [0.3, 0.4) is 0 Å². The lowest BCUT2D eigenvalue weighted by atomic mass is 10.1. The average Bonchev–Trinajstić information content (AvgIpc) is 2.92. The molecule has 0 bridgehead atoms. The lowest BCUT2D eigenvalue weighted by Gasteiger charge is -1.92. The normalized spacial score (nSPS) is 12.9. The Morgan fingerprint density at radius 2 is 1.67 bits per heavy atom. The number of rotatable bonds is 0. The van der Waals surface area contributed by atoms with Crippen molar-refractivity contribution in [3.63, 3.8) is 0 Å². The maximum absolute atomic E-state index is 11.1. The molecule has 1 aromatic carbocycles. The molecule has 0 N–H and O–H groups in total. The molecule has 0 fully saturated rings. The quantitative estimate of drug-likeness (QED) is 0.658. The largest absolute Gasteiger partial charge is 0.294 e. The third-order valence-electron chi connectivity index (χ3n) is 2.36. The van der Waals surface area contributed by atoms with E-state index in [-0.39, 0.29) is 0 Å². The van der Waals surface area contributed by atoms with Crippen molar-refractivity contribution >= 4 is 17.1 Å². The maximum Gasteiger partial charge on any atom is 0.163 e. The Morgan fingerprint density at radius 3 is 2.27 bits per heavy atom. The molecule has 0 aliphatic heterocycles. The summed E-state index contributed by atoms with van der Waals surface area (Å²) in [7, 11) is 0. The number of hydrogen-bond acceptors (Lipinski definition) is 2. The summed E-state index contributed by atoms with van der Waals surface area (Å²) < 4.78 is 0. The Bertz CT molecular complexity index is 414. The van der Waals surface area contributed by atoms with Gasteiger partial charge in [-0.25, -0.2) is 0 Å². The Labute approximate surface area is 93.4 Å². The van der Waals surface area contributed by atoms with Crippen molar-refractivity contribution in [2.75, 3.05) is 0 Å². The summed E-state index contributed by atoms with van der Waals surface area (Å²) in [6, 6.07) is 11.9. The number of carbonyl (C=O) groups is 1. The SMILES string of the molecule is O=C1CCc2ccccc21.c1ccsc1. The number of fused-ring (bicyclic) bond motifs is 1. The average molecular weight is 216 g/mol. The summed E-state index contributed by atoms with van der Waals surface area (Å²) in [5.74, 6) is 0.301. The highest BCUT2D eigenvalue weighted by Gasteiger charge is 2.17. The fraction of sp³-hybridized carbons (Fsp3) is 0.154. The summed E-state index contributed by atoms with van der Waals surface area (Å²) in [5.41, 5.74) is 2.15. The second-order valence-corrected chi connectivity index (χ2v) is 4.19. The number of hydrogen-bond donors (Lipinski definition) is 0. The monoisotopic (exact) mass is 216 g/mol. The number of Topliss-reactive ketones (excluding diaryl/α,β-unsaturated/α-hetero) is 1. The Morgan fingerprint density at radius 1 is 0.933 bits per heavy atom. The number of carbonyl (C=O) groups excluding carboxylic acids is 1. The number of aryl methyl sites for hydroxylation is 1. The third-order valence-corrected chi connectivity index (χ3v) is 2.99. The first-order valence-electron chi connectivity index (χ1n) is 4.96. The van der Waals surface area contributed by atoms with Crippen LogP contribution in [0.5, 0.6) is 0 Å². The molecular weight excluding hydrogens is 204 g/mol. The van der Waals surface area contributed by atoms with E-state index < -0.39 is 0 Å². The molecule has 1 heterocycles. The Hall–Kier alpha value is -1.41. The van der Waals surface area contributed by atoms with E-state index in [2.05, 4.69) is 0 Å². The van der Waals surface area contributed by atoms with Crippen LogP contribution < -0.4 is 0 Å². The molecule has 76 valence electrons. The molecule has 1 nitrogen and oxygen atoms in total. The van der Waals surface area contributed by atoms with E-state index in [0.29, 0.717) is 12.2 Å². The number of benzene rings is 1. The summed E-state index contributed by atoms with van der Waals surface area (Å²) in [6.07, 6.45) is 1.65. The van der Waals surface area contributed by atoms with Gasteiger partial charge >= 0.3 is 0 Å². The van der Waals surface area contributed by atoms with Gasteiger partial charge in [0.2, 0.25) is 0 Å². The van der Waals surface area contributed by atoms with Gasteiger partial charge in [0.05, 0.1) is 0 Å². The van der Waals surface area contributed by atoms with Crippen LogP contribution in [0.4, 0.5) is 0 Å². The molecule has 1 aliphatic rings. The van der Waals surface area contributed by atoms with Gasteiger partial charge in [-0.15, -0.1) is 0 Å². The topological polar surface area (TPSA) is 17.1 Å². The molecule has 0 spiro atoms. The number of ketones is 1. The van der Waals surface area contributed by atoms with Crippen LogP contribution in [0, 0.1) is 0 Å². The Balaban J connectivity index is 0.000000144. The minimum Gasteiger partial charge on any atom is -0.294 e. The zero-order chi connectivity index (χ0) is 10.5. The lowest BCUT2D eigenvalue weighted by molar-refractivity contribution is 0.0994. The molecule has 15 heavy (non-hydrogen) atoms. The second-order valence-electron chi connectivity index (χ2n) is 3.37. The van der Waals surface area contributed by atoms with Crippen molar-refractivity contribution in [1.82, 2.24) is 0 Å². The van der Waals surface area contributed by atoms with Gasteiger partial charge in [-0.3, -0.25) is 4.79 Å². The van der Waals surface area contributed by atoms with Gasteiger partial charge < -0.3 is 0 Å². The molecule has 0 atom stereocenters. The van der Waals surface area contributed by atoms with Gasteiger partial charge in [-0.05, 0) is 22.7 Å². The molecule has 0 amide bonds. The zero-order valence-electron chi connectivity index (χ0n) is 8.35. The van der Waals surface area contributed by atoms with Gasteiger partial charge in [-0.1, -0.05) is 36.4 Å². The minimum atomic E-state index is 0.301. The van der Waals surface area contributed by atoms with Crippen molar-refractivity contribution in [2.24, 2.45) is 0 Å². The van der Waals surface area contributed by atoms with E-state index in [1.165, 1.54) is 5.56 Å². The van der Waals surface area contributed by atoms with E-state index in [9.17, 15) is 4.79 Å². The molecular formula is C13H12OS. The van der Waals surface area contributed by atoms with Crippen molar-refractivity contribution in [1.29, 1.82) is 0 Å². The third kappa shape index (κ3) is 2.54. The van der Waals surface area contributed by atoms with E-state index in [0.717, 1.165) is 12.0 Å². The first-order chi connectivity index (χ1) is 7.38. The standard InChI is InChI=1S/C9H8O.C4H4S/c10-9-6-5-7-3-1-2-4-8(7)9;1-2-4-5-3-1/h1-4H,5-6H2;1-4H. The predicted octanol–water partition coefficient (Wildman–Crippen LogP) is 3.56. The fourth-order valence-electron chi connectivity index (χ4n) is 1.62. The Kier molecular flexibility index (Phi) is 3.30. The highest BCUT2D eigenvalue weighted by molar-refractivity contribution is 7.07. The summed E-state index contributed by atoms with van der Waals surface area (Å²) in [5, 5.41) is 4.08. The van der Waals surface area contributed by atoms with Gasteiger partial charge in [0.25, 0.3) is 0 Å². The molecule has 0 radical (unpaired) electrons. The smallest absolute Gasteiger partial charge is 0.163 e. The van der Waals surface area contributed by atoms with Crippen LogP contribution in [0.1, 0.15) is 22.3 Å². The molecule has 1 aliphatic carbocycles. The van der Waals surface area contributed by atoms with Crippen molar-refractivity contribution < 1.29 is 4.79 Å². The van der Waals surface area contributed by atoms with Crippen LogP contribution >= 0.6 is 11.3 Å². The first kappa shape index (κ1) is 10.1. The molecule has 3 rings (SSSR count). The van der Waals surface area contributed by atoms with Gasteiger partial charge in [0.1, 0.15) is 0 Å². The van der Waals surface area contributed by atoms with E-state index in [1.54, 1.807) is 11.3 Å². The molecule has 0 unspecified atom stereocenters. The molecule has 0 saturated heterocycles. The molecule has 2 aromatic rings. The van der Waals surface area contributed by atoms with Gasteiger partial charge in [0, 0.05) is 12.0 Å². The second kappa shape index (κ2) is 4.89. The minimum absolute atomic E-state index is 0.301. The fourth-order valence-corrected chi connectivity index (χ4v) is 2.07. The summed E-state index contributed by atoms with van der Waals surface area (Å²) in [6.45, 7) is 0. The van der Waals surface area contributed by atoms with Crippen LogP contribution in [-0.2, 0) is 6.42 Å². The molecule has 2 heteroatoms. The zero-order valence-corrected chi connectivity index (χ0v) is 9.17. The van der Waals surface area contributed by atoms with Crippen molar-refractivity contribution in [3.8, 4) is 0 Å². The highest BCUT2D eigenvalue weighted by atomic mass is 32.1. The van der Waals surface area contributed by atoms with Crippen molar-refractivity contribution in [3.05, 3.63) is 58.3 Å². The summed E-state index contributed by atoms with van der Waals surface area (Å²) >= 11 is 1.71. The van der Waals surface area contributed by atoms with Crippen molar-refractivity contribution in [2.45, 2.75) is 12.8 Å². The maximum atomic E-state index is 11.1. The number of thiophene rings is 1.